The Labute approximate surface area is 96.2 Å². The number of benzene rings is 1. The molecular weight excluding hydrogens is 203 g/mol. The van der Waals surface area contributed by atoms with Crippen LogP contribution in [0.25, 0.3) is 0 Å². The Morgan fingerprint density at radius 2 is 2.19 bits per heavy atom. The van der Waals surface area contributed by atoms with Crippen LogP contribution in [-0.2, 0) is 6.54 Å². The zero-order valence-electron chi connectivity index (χ0n) is 9.91. The lowest BCUT2D eigenvalue weighted by Crippen LogP contribution is -2.27. The van der Waals surface area contributed by atoms with Gasteiger partial charge in [0.1, 0.15) is 5.82 Å². The number of rotatable bonds is 2. The lowest BCUT2D eigenvalue weighted by molar-refractivity contribution is 0.257. The summed E-state index contributed by atoms with van der Waals surface area (Å²) in [6, 6.07) is 5.17. The first-order chi connectivity index (χ1) is 7.56. The molecule has 1 fully saturated rings. The molecule has 1 aliphatic rings. The average Bonchev–Trinajstić information content (AvgIpc) is 2.51. The molecule has 0 spiro atoms. The monoisotopic (exact) mass is 222 g/mol. The van der Waals surface area contributed by atoms with Crippen LogP contribution < -0.4 is 5.73 Å². The molecule has 2 N–H and O–H groups in total. The fraction of sp³-hybridized carbons (Fsp3) is 0.538. The molecule has 1 heterocycles. The fourth-order valence-corrected chi connectivity index (χ4v) is 2.54. The third kappa shape index (κ3) is 2.35. The third-order valence-corrected chi connectivity index (χ3v) is 3.39. The summed E-state index contributed by atoms with van der Waals surface area (Å²) in [6.45, 7) is 6.32. The van der Waals surface area contributed by atoms with Crippen LogP contribution >= 0.6 is 0 Å². The molecule has 1 aromatic carbocycles. The molecule has 0 saturated carbocycles. The molecule has 0 amide bonds. The number of nitrogens with two attached hydrogens (primary N) is 1. The van der Waals surface area contributed by atoms with Crippen LogP contribution in [0.1, 0.15) is 25.8 Å². The van der Waals surface area contributed by atoms with E-state index in [0.717, 1.165) is 24.6 Å². The number of halogens is 1. The van der Waals surface area contributed by atoms with Crippen molar-refractivity contribution >= 4 is 5.69 Å². The van der Waals surface area contributed by atoms with Crippen LogP contribution in [-0.4, -0.2) is 17.5 Å². The second-order valence-electron chi connectivity index (χ2n) is 4.96. The highest BCUT2D eigenvalue weighted by molar-refractivity contribution is 5.46. The summed E-state index contributed by atoms with van der Waals surface area (Å²) in [5.41, 5.74) is 7.45. The Morgan fingerprint density at radius 1 is 1.44 bits per heavy atom. The Bertz CT molecular complexity index is 378. The molecular formula is C13H19FN2. The van der Waals surface area contributed by atoms with E-state index in [4.69, 9.17) is 5.73 Å². The van der Waals surface area contributed by atoms with Crippen LogP contribution in [0.15, 0.2) is 18.2 Å². The van der Waals surface area contributed by atoms with Gasteiger partial charge < -0.3 is 5.73 Å². The molecule has 0 aliphatic carbocycles. The van der Waals surface area contributed by atoms with Crippen LogP contribution in [0.5, 0.6) is 0 Å². The number of hydrogen-bond donors (Lipinski definition) is 1. The van der Waals surface area contributed by atoms with Crippen molar-refractivity contribution < 1.29 is 4.39 Å². The summed E-state index contributed by atoms with van der Waals surface area (Å²) >= 11 is 0. The van der Waals surface area contributed by atoms with E-state index in [1.807, 2.05) is 0 Å². The summed E-state index contributed by atoms with van der Waals surface area (Å²) < 4.78 is 13.1. The second-order valence-corrected chi connectivity index (χ2v) is 4.96. The highest BCUT2D eigenvalue weighted by Gasteiger charge is 2.26. The van der Waals surface area contributed by atoms with Crippen molar-refractivity contribution in [3.8, 4) is 0 Å². The van der Waals surface area contributed by atoms with Crippen LogP contribution in [0.3, 0.4) is 0 Å². The van der Waals surface area contributed by atoms with Crippen molar-refractivity contribution in [2.45, 2.75) is 32.9 Å². The van der Waals surface area contributed by atoms with Crippen LogP contribution in [0.4, 0.5) is 10.1 Å². The van der Waals surface area contributed by atoms with E-state index in [1.54, 1.807) is 12.1 Å². The zero-order valence-corrected chi connectivity index (χ0v) is 9.91. The first-order valence-electron chi connectivity index (χ1n) is 5.84. The van der Waals surface area contributed by atoms with Gasteiger partial charge in [0, 0.05) is 24.8 Å². The quantitative estimate of drug-likeness (QED) is 0.779. The summed E-state index contributed by atoms with van der Waals surface area (Å²) in [7, 11) is 0. The molecule has 0 aromatic heterocycles. The minimum absolute atomic E-state index is 0.205. The van der Waals surface area contributed by atoms with Gasteiger partial charge in [-0.2, -0.15) is 0 Å². The highest BCUT2D eigenvalue weighted by atomic mass is 19.1. The molecule has 1 aromatic rings. The number of likely N-dealkylation sites (tertiary alicyclic amines) is 1. The molecule has 88 valence electrons. The van der Waals surface area contributed by atoms with Gasteiger partial charge in [-0.15, -0.1) is 0 Å². The molecule has 2 rings (SSSR count). The topological polar surface area (TPSA) is 29.3 Å². The van der Waals surface area contributed by atoms with E-state index < -0.39 is 0 Å². The standard InChI is InChI=1S/C13H19FN2/c1-9-5-10(2)16(7-9)8-11-6-12(14)3-4-13(11)15/h3-4,6,9-10H,5,7-8,15H2,1-2H3. The maximum absolute atomic E-state index is 13.1. The van der Waals surface area contributed by atoms with Gasteiger partial charge in [0.15, 0.2) is 0 Å². The predicted octanol–water partition coefficient (Wildman–Crippen LogP) is 2.64. The normalized spacial score (nSPS) is 26.2. The number of hydrogen-bond acceptors (Lipinski definition) is 2. The summed E-state index contributed by atoms with van der Waals surface area (Å²) in [4.78, 5) is 2.37. The van der Waals surface area contributed by atoms with E-state index in [2.05, 4.69) is 18.7 Å². The summed E-state index contributed by atoms with van der Waals surface area (Å²) in [5.74, 6) is 0.522. The smallest absolute Gasteiger partial charge is 0.123 e. The van der Waals surface area contributed by atoms with Crippen molar-refractivity contribution in [3.05, 3.63) is 29.6 Å². The first-order valence-corrected chi connectivity index (χ1v) is 5.84. The van der Waals surface area contributed by atoms with Gasteiger partial charge in [0.2, 0.25) is 0 Å². The van der Waals surface area contributed by atoms with Crippen molar-refractivity contribution in [1.82, 2.24) is 4.90 Å². The van der Waals surface area contributed by atoms with Gasteiger partial charge >= 0.3 is 0 Å². The Morgan fingerprint density at radius 3 is 2.81 bits per heavy atom. The Kier molecular flexibility index (Phi) is 3.15. The first kappa shape index (κ1) is 11.4. The maximum atomic E-state index is 13.1. The minimum atomic E-state index is -0.205. The van der Waals surface area contributed by atoms with Gasteiger partial charge in [0.25, 0.3) is 0 Å². The van der Waals surface area contributed by atoms with Gasteiger partial charge in [-0.25, -0.2) is 4.39 Å². The van der Waals surface area contributed by atoms with E-state index >= 15 is 0 Å². The van der Waals surface area contributed by atoms with Gasteiger partial charge in [-0.05, 0) is 43.0 Å². The molecule has 16 heavy (non-hydrogen) atoms. The lowest BCUT2D eigenvalue weighted by Gasteiger charge is -2.21. The number of nitrogens with zero attached hydrogens (tertiary/aromatic N) is 1. The molecule has 0 radical (unpaired) electrons. The van der Waals surface area contributed by atoms with E-state index in [9.17, 15) is 4.39 Å². The van der Waals surface area contributed by atoms with Crippen molar-refractivity contribution in [2.24, 2.45) is 5.92 Å². The van der Waals surface area contributed by atoms with Gasteiger partial charge in [-0.1, -0.05) is 6.92 Å². The molecule has 1 aliphatic heterocycles. The fourth-order valence-electron chi connectivity index (χ4n) is 2.54. The van der Waals surface area contributed by atoms with Gasteiger partial charge in [0.05, 0.1) is 0 Å². The molecule has 3 heteroatoms. The highest BCUT2D eigenvalue weighted by Crippen LogP contribution is 2.26. The molecule has 1 saturated heterocycles. The molecule has 2 unspecified atom stereocenters. The van der Waals surface area contributed by atoms with E-state index in [-0.39, 0.29) is 5.82 Å². The Balaban J connectivity index is 2.11. The van der Waals surface area contributed by atoms with Gasteiger partial charge in [-0.3, -0.25) is 4.90 Å². The maximum Gasteiger partial charge on any atom is 0.123 e. The zero-order chi connectivity index (χ0) is 11.7. The molecule has 0 bridgehead atoms. The average molecular weight is 222 g/mol. The number of anilines is 1. The number of nitrogen functional groups attached to an aromatic ring is 1. The summed E-state index contributed by atoms with van der Waals surface area (Å²) in [6.07, 6.45) is 1.22. The van der Waals surface area contributed by atoms with Crippen molar-refractivity contribution in [2.75, 3.05) is 12.3 Å². The molecule has 2 nitrogen and oxygen atoms in total. The summed E-state index contributed by atoms with van der Waals surface area (Å²) in [5, 5.41) is 0. The SMILES string of the molecule is CC1CC(C)N(Cc2cc(F)ccc2N)C1. The molecule has 2 atom stereocenters. The van der Waals surface area contributed by atoms with Crippen molar-refractivity contribution in [3.63, 3.8) is 0 Å². The van der Waals surface area contributed by atoms with Crippen LogP contribution in [0, 0.1) is 11.7 Å². The second kappa shape index (κ2) is 4.42. The Hall–Kier alpha value is -1.09. The lowest BCUT2D eigenvalue weighted by atomic mass is 10.1. The largest absolute Gasteiger partial charge is 0.398 e. The van der Waals surface area contributed by atoms with Crippen LogP contribution in [0.2, 0.25) is 0 Å². The van der Waals surface area contributed by atoms with Crippen molar-refractivity contribution in [1.29, 1.82) is 0 Å². The predicted molar refractivity (Wildman–Crippen MR) is 64.5 cm³/mol. The van der Waals surface area contributed by atoms with E-state index in [1.165, 1.54) is 12.5 Å². The van der Waals surface area contributed by atoms with E-state index in [0.29, 0.717) is 11.7 Å². The minimum Gasteiger partial charge on any atom is -0.398 e. The third-order valence-electron chi connectivity index (χ3n) is 3.39.